The molecule has 0 saturated heterocycles. The summed E-state index contributed by atoms with van der Waals surface area (Å²) in [5.41, 5.74) is 4.27. The summed E-state index contributed by atoms with van der Waals surface area (Å²) in [4.78, 5) is 11.9. The van der Waals surface area contributed by atoms with Crippen LogP contribution in [0.1, 0.15) is 34.3 Å². The highest BCUT2D eigenvalue weighted by atomic mass is 16.1. The fourth-order valence-corrected chi connectivity index (χ4v) is 2.26. The molecule has 3 nitrogen and oxygen atoms in total. The first kappa shape index (κ1) is 13.7. The highest BCUT2D eigenvalue weighted by Gasteiger charge is 2.23. The van der Waals surface area contributed by atoms with Gasteiger partial charge in [-0.1, -0.05) is 29.8 Å². The summed E-state index contributed by atoms with van der Waals surface area (Å²) in [6.07, 6.45) is 2.23. The van der Waals surface area contributed by atoms with E-state index in [4.69, 9.17) is 0 Å². The number of carbonyl (C=O) groups excluding carboxylic acids is 1. The largest absolute Gasteiger partial charge is 0.381 e. The second-order valence-corrected chi connectivity index (χ2v) is 5.67. The fourth-order valence-electron chi connectivity index (χ4n) is 2.26. The van der Waals surface area contributed by atoms with Gasteiger partial charge in [0.25, 0.3) is 5.91 Å². The molecule has 2 N–H and O–H groups in total. The molecular formula is C18H20N2O. The molecule has 1 saturated carbocycles. The molecule has 2 aromatic rings. The van der Waals surface area contributed by atoms with E-state index in [0.29, 0.717) is 6.04 Å². The zero-order valence-corrected chi connectivity index (χ0v) is 12.2. The third-order valence-corrected chi connectivity index (χ3v) is 3.64. The van der Waals surface area contributed by atoms with Gasteiger partial charge in [-0.15, -0.1) is 0 Å². The molecule has 3 rings (SSSR count). The molecule has 1 amide bonds. The Kier molecular flexibility index (Phi) is 3.91. The first-order chi connectivity index (χ1) is 10.2. The Bertz CT molecular complexity index is 630. The fraction of sp³-hybridized carbons (Fsp3) is 0.278. The molecule has 0 aliphatic heterocycles. The van der Waals surface area contributed by atoms with Gasteiger partial charge in [-0.05, 0) is 49.6 Å². The average Bonchev–Trinajstić information content (AvgIpc) is 3.30. The van der Waals surface area contributed by atoms with Crippen LogP contribution in [0.3, 0.4) is 0 Å². The lowest BCUT2D eigenvalue weighted by atomic mass is 10.1. The Labute approximate surface area is 125 Å². The lowest BCUT2D eigenvalue weighted by molar-refractivity contribution is 0.0951. The summed E-state index contributed by atoms with van der Waals surface area (Å²) in [5, 5.41) is 6.37. The molecule has 1 fully saturated rings. The number of benzene rings is 2. The third-order valence-electron chi connectivity index (χ3n) is 3.64. The Morgan fingerprint density at radius 1 is 1.14 bits per heavy atom. The third kappa shape index (κ3) is 3.85. The van der Waals surface area contributed by atoms with E-state index >= 15 is 0 Å². The number of nitrogens with one attached hydrogen (secondary N) is 2. The summed E-state index contributed by atoms with van der Waals surface area (Å²) in [6.45, 7) is 2.88. The molecule has 0 radical (unpaired) electrons. The van der Waals surface area contributed by atoms with E-state index in [1.165, 1.54) is 11.1 Å². The molecular weight excluding hydrogens is 260 g/mol. The second-order valence-electron chi connectivity index (χ2n) is 5.67. The molecule has 0 spiro atoms. The summed E-state index contributed by atoms with van der Waals surface area (Å²) in [5.74, 6) is 0.0303. The maximum absolute atomic E-state index is 11.9. The number of anilines is 1. The van der Waals surface area contributed by atoms with E-state index in [9.17, 15) is 4.79 Å². The van der Waals surface area contributed by atoms with Gasteiger partial charge < -0.3 is 10.6 Å². The predicted octanol–water partition coefficient (Wildman–Crippen LogP) is 3.50. The Morgan fingerprint density at radius 3 is 2.57 bits per heavy atom. The lowest BCUT2D eigenvalue weighted by Crippen LogP contribution is -2.25. The molecule has 21 heavy (non-hydrogen) atoms. The van der Waals surface area contributed by atoms with Gasteiger partial charge in [0.1, 0.15) is 0 Å². The molecule has 108 valence electrons. The van der Waals surface area contributed by atoms with Crippen LogP contribution in [0.25, 0.3) is 0 Å². The minimum absolute atomic E-state index is 0.0303. The van der Waals surface area contributed by atoms with Crippen LogP contribution in [-0.2, 0) is 6.54 Å². The normalized spacial score (nSPS) is 13.8. The first-order valence-electron chi connectivity index (χ1n) is 7.41. The van der Waals surface area contributed by atoms with Crippen molar-refractivity contribution >= 4 is 11.6 Å². The van der Waals surface area contributed by atoms with Crippen molar-refractivity contribution in [3.63, 3.8) is 0 Å². The van der Waals surface area contributed by atoms with Crippen LogP contribution >= 0.6 is 0 Å². The van der Waals surface area contributed by atoms with Crippen LogP contribution in [-0.4, -0.2) is 11.9 Å². The Balaban J connectivity index is 1.57. The Morgan fingerprint density at radius 2 is 1.90 bits per heavy atom. The van der Waals surface area contributed by atoms with Crippen LogP contribution in [0.15, 0.2) is 48.5 Å². The summed E-state index contributed by atoms with van der Waals surface area (Å²) >= 11 is 0. The smallest absolute Gasteiger partial charge is 0.251 e. The van der Waals surface area contributed by atoms with Crippen molar-refractivity contribution in [1.82, 2.24) is 5.32 Å². The quantitative estimate of drug-likeness (QED) is 0.880. The topological polar surface area (TPSA) is 41.1 Å². The number of amides is 1. The Hall–Kier alpha value is -2.29. The molecule has 2 aromatic carbocycles. The van der Waals surface area contributed by atoms with Crippen LogP contribution in [0.2, 0.25) is 0 Å². The van der Waals surface area contributed by atoms with Gasteiger partial charge in [0.2, 0.25) is 0 Å². The monoisotopic (exact) mass is 280 g/mol. The standard InChI is InChI=1S/C18H20N2O/c1-13-3-2-4-14(11-13)12-19-16-7-5-15(6-8-16)18(21)20-17-9-10-17/h2-8,11,17,19H,9-10,12H2,1H3,(H,20,21). The minimum Gasteiger partial charge on any atom is -0.381 e. The average molecular weight is 280 g/mol. The highest BCUT2D eigenvalue weighted by Crippen LogP contribution is 2.19. The molecule has 0 aromatic heterocycles. The molecule has 1 aliphatic rings. The predicted molar refractivity (Wildman–Crippen MR) is 85.4 cm³/mol. The molecule has 0 bridgehead atoms. The van der Waals surface area contributed by atoms with Gasteiger partial charge >= 0.3 is 0 Å². The van der Waals surface area contributed by atoms with E-state index in [1.807, 2.05) is 24.3 Å². The van der Waals surface area contributed by atoms with E-state index in [2.05, 4.69) is 41.8 Å². The van der Waals surface area contributed by atoms with Gasteiger partial charge in [-0.25, -0.2) is 0 Å². The second kappa shape index (κ2) is 6.00. The first-order valence-corrected chi connectivity index (χ1v) is 7.41. The van der Waals surface area contributed by atoms with Gasteiger partial charge in [-0.3, -0.25) is 4.79 Å². The van der Waals surface area contributed by atoms with Crippen molar-refractivity contribution in [1.29, 1.82) is 0 Å². The minimum atomic E-state index is 0.0303. The van der Waals surface area contributed by atoms with E-state index in [-0.39, 0.29) is 5.91 Å². The summed E-state index contributed by atoms with van der Waals surface area (Å²) in [6, 6.07) is 16.5. The number of rotatable bonds is 5. The van der Waals surface area contributed by atoms with Crippen molar-refractivity contribution in [2.45, 2.75) is 32.4 Å². The van der Waals surface area contributed by atoms with E-state index in [1.54, 1.807) is 0 Å². The number of hydrogen-bond acceptors (Lipinski definition) is 2. The number of aryl methyl sites for hydroxylation is 1. The maximum atomic E-state index is 11.9. The maximum Gasteiger partial charge on any atom is 0.251 e. The van der Waals surface area contributed by atoms with Crippen molar-refractivity contribution in [2.24, 2.45) is 0 Å². The zero-order chi connectivity index (χ0) is 14.7. The number of hydrogen-bond donors (Lipinski definition) is 2. The summed E-state index contributed by atoms with van der Waals surface area (Å²) in [7, 11) is 0. The van der Waals surface area contributed by atoms with Gasteiger partial charge in [-0.2, -0.15) is 0 Å². The van der Waals surface area contributed by atoms with Crippen LogP contribution in [0, 0.1) is 6.92 Å². The van der Waals surface area contributed by atoms with Crippen LogP contribution < -0.4 is 10.6 Å². The van der Waals surface area contributed by atoms with Gasteiger partial charge in [0.15, 0.2) is 0 Å². The van der Waals surface area contributed by atoms with Crippen molar-refractivity contribution in [3.8, 4) is 0 Å². The number of carbonyl (C=O) groups is 1. The SMILES string of the molecule is Cc1cccc(CNc2ccc(C(=O)NC3CC3)cc2)c1. The molecule has 0 heterocycles. The van der Waals surface area contributed by atoms with Crippen molar-refractivity contribution in [2.75, 3.05) is 5.32 Å². The van der Waals surface area contributed by atoms with Crippen LogP contribution in [0.4, 0.5) is 5.69 Å². The van der Waals surface area contributed by atoms with E-state index < -0.39 is 0 Å². The highest BCUT2D eigenvalue weighted by molar-refractivity contribution is 5.94. The molecule has 1 aliphatic carbocycles. The van der Waals surface area contributed by atoms with Crippen molar-refractivity contribution in [3.05, 3.63) is 65.2 Å². The van der Waals surface area contributed by atoms with Crippen LogP contribution in [0.5, 0.6) is 0 Å². The molecule has 3 heteroatoms. The van der Waals surface area contributed by atoms with E-state index in [0.717, 1.165) is 30.6 Å². The molecule has 0 unspecified atom stereocenters. The van der Waals surface area contributed by atoms with Gasteiger partial charge in [0.05, 0.1) is 0 Å². The lowest BCUT2D eigenvalue weighted by Gasteiger charge is -2.08. The van der Waals surface area contributed by atoms with Gasteiger partial charge in [0, 0.05) is 23.8 Å². The zero-order valence-electron chi connectivity index (χ0n) is 12.2. The van der Waals surface area contributed by atoms with Crippen molar-refractivity contribution < 1.29 is 4.79 Å². The molecule has 0 atom stereocenters. The summed E-state index contributed by atoms with van der Waals surface area (Å²) < 4.78 is 0.